The molecule has 35 heavy (non-hydrogen) atoms. The molecule has 10 heteroatoms. The van der Waals surface area contributed by atoms with Crippen molar-refractivity contribution in [2.45, 2.75) is 18.9 Å². The van der Waals surface area contributed by atoms with Gasteiger partial charge in [-0.3, -0.25) is 0 Å². The molecule has 0 radical (unpaired) electrons. The van der Waals surface area contributed by atoms with Crippen LogP contribution in [-0.2, 0) is 9.47 Å². The third kappa shape index (κ3) is 6.91. The molecule has 8 nitrogen and oxygen atoms in total. The van der Waals surface area contributed by atoms with Crippen LogP contribution in [0.15, 0.2) is 36.7 Å². The Kier molecular flexibility index (Phi) is 8.92. The van der Waals surface area contributed by atoms with Gasteiger partial charge >= 0.3 is 0 Å². The molecule has 1 saturated heterocycles. The van der Waals surface area contributed by atoms with Crippen molar-refractivity contribution < 1.29 is 28.1 Å². The van der Waals surface area contributed by atoms with Gasteiger partial charge in [-0.25, -0.2) is 14.4 Å². The molecule has 1 aliphatic rings. The Balaban J connectivity index is 1.62. The Hall–Kier alpha value is -2.72. The predicted molar refractivity (Wildman–Crippen MR) is 130 cm³/mol. The van der Waals surface area contributed by atoms with E-state index in [1.54, 1.807) is 7.11 Å². The molecule has 188 valence electrons. The van der Waals surface area contributed by atoms with Crippen molar-refractivity contribution in [1.29, 1.82) is 0 Å². The van der Waals surface area contributed by atoms with Crippen LogP contribution in [0, 0.1) is 5.82 Å². The summed E-state index contributed by atoms with van der Waals surface area (Å²) in [6.07, 6.45) is 2.91. The molecule has 1 fully saturated rings. The van der Waals surface area contributed by atoms with Crippen molar-refractivity contribution in [2.24, 2.45) is 0 Å². The summed E-state index contributed by atoms with van der Waals surface area (Å²) >= 11 is 6.18. The Morgan fingerprint density at radius 1 is 1.09 bits per heavy atom. The molecule has 1 aliphatic heterocycles. The zero-order chi connectivity index (χ0) is 24.6. The van der Waals surface area contributed by atoms with Gasteiger partial charge < -0.3 is 28.6 Å². The third-order valence-corrected chi connectivity index (χ3v) is 5.92. The maximum Gasteiger partial charge on any atom is 0.234 e. The fourth-order valence-corrected chi connectivity index (χ4v) is 3.87. The van der Waals surface area contributed by atoms with Crippen LogP contribution in [-0.4, -0.2) is 74.6 Å². The highest BCUT2D eigenvalue weighted by molar-refractivity contribution is 6.32. The normalized spacial score (nSPS) is 14.4. The van der Waals surface area contributed by atoms with Crippen LogP contribution in [0.5, 0.6) is 23.1 Å². The van der Waals surface area contributed by atoms with Crippen LogP contribution < -0.4 is 14.2 Å². The van der Waals surface area contributed by atoms with Gasteiger partial charge in [0.2, 0.25) is 5.88 Å². The van der Waals surface area contributed by atoms with E-state index in [0.717, 1.165) is 25.9 Å². The summed E-state index contributed by atoms with van der Waals surface area (Å²) < 4.78 is 42.5. The van der Waals surface area contributed by atoms with E-state index in [-0.39, 0.29) is 22.8 Å². The number of hydrogen-bond donors (Lipinski definition) is 0. The van der Waals surface area contributed by atoms with E-state index in [1.165, 1.54) is 24.5 Å². The molecule has 1 aromatic heterocycles. The lowest BCUT2D eigenvalue weighted by Crippen LogP contribution is -2.27. The minimum Gasteiger partial charge on any atom is -0.492 e. The summed E-state index contributed by atoms with van der Waals surface area (Å²) in [7, 11) is 3.70. The number of nitrogens with zero attached hydrogens (tertiary/aromatic N) is 3. The minimum atomic E-state index is -0.451. The molecule has 0 amide bonds. The molecular weight excluding hydrogens is 477 g/mol. The topological polar surface area (TPSA) is 75.2 Å². The summed E-state index contributed by atoms with van der Waals surface area (Å²) in [5.41, 5.74) is 0.598. The molecule has 0 atom stereocenters. The number of ether oxygens (including phenoxy) is 5. The van der Waals surface area contributed by atoms with Gasteiger partial charge in [0.05, 0.1) is 30.4 Å². The first kappa shape index (κ1) is 25.4. The van der Waals surface area contributed by atoms with Gasteiger partial charge in [-0.2, -0.15) is 0 Å². The molecule has 0 N–H and O–H groups in total. The van der Waals surface area contributed by atoms with E-state index >= 15 is 0 Å². The lowest BCUT2D eigenvalue weighted by atomic mass is 10.1. The van der Waals surface area contributed by atoms with Crippen molar-refractivity contribution in [1.82, 2.24) is 14.9 Å². The van der Waals surface area contributed by atoms with Gasteiger partial charge in [0.15, 0.2) is 0 Å². The minimum absolute atomic E-state index is 0.0233. The molecule has 0 saturated carbocycles. The molecule has 2 heterocycles. The molecular formula is C25H29ClFN3O5. The van der Waals surface area contributed by atoms with Crippen molar-refractivity contribution >= 4 is 22.5 Å². The van der Waals surface area contributed by atoms with Gasteiger partial charge in [-0.1, -0.05) is 11.6 Å². The second kappa shape index (κ2) is 12.3. The first-order valence-electron chi connectivity index (χ1n) is 11.5. The predicted octanol–water partition coefficient (Wildman–Crippen LogP) is 4.73. The molecule has 0 spiro atoms. The fourth-order valence-electron chi connectivity index (χ4n) is 3.67. The van der Waals surface area contributed by atoms with Crippen LogP contribution in [0.25, 0.3) is 10.9 Å². The maximum atomic E-state index is 13.5. The summed E-state index contributed by atoms with van der Waals surface area (Å²) in [5.74, 6) is 1.27. The average molecular weight is 506 g/mol. The van der Waals surface area contributed by atoms with Crippen LogP contribution in [0.3, 0.4) is 0 Å². The van der Waals surface area contributed by atoms with E-state index in [9.17, 15) is 4.39 Å². The van der Waals surface area contributed by atoms with Crippen LogP contribution in [0.4, 0.5) is 4.39 Å². The number of halogens is 2. The number of rotatable bonds is 11. The number of fused-ring (bicyclic) bond motifs is 1. The second-order valence-electron chi connectivity index (χ2n) is 8.25. The lowest BCUT2D eigenvalue weighted by Gasteiger charge is -2.24. The third-order valence-electron chi connectivity index (χ3n) is 5.62. The highest BCUT2D eigenvalue weighted by atomic mass is 35.5. The molecule has 2 aromatic carbocycles. The molecule has 3 aromatic rings. The summed E-state index contributed by atoms with van der Waals surface area (Å²) in [4.78, 5) is 10.9. The SMILES string of the molecule is COCCN(C)CCOc1cc(OC2CCOCC2)c2c(Oc3ccc(F)cc3Cl)ncnc2c1. The fraction of sp³-hybridized carbons (Fsp3) is 0.440. The first-order valence-corrected chi connectivity index (χ1v) is 11.9. The van der Waals surface area contributed by atoms with Crippen molar-refractivity contribution in [2.75, 3.05) is 53.7 Å². The van der Waals surface area contributed by atoms with E-state index in [4.69, 9.17) is 35.3 Å². The van der Waals surface area contributed by atoms with E-state index in [2.05, 4.69) is 14.9 Å². The molecule has 0 unspecified atom stereocenters. The Morgan fingerprint density at radius 2 is 1.89 bits per heavy atom. The van der Waals surface area contributed by atoms with Gasteiger partial charge in [-0.05, 0) is 25.2 Å². The molecule has 0 bridgehead atoms. The van der Waals surface area contributed by atoms with Gasteiger partial charge in [0, 0.05) is 45.2 Å². The van der Waals surface area contributed by atoms with Crippen LogP contribution >= 0.6 is 11.6 Å². The van der Waals surface area contributed by atoms with Crippen LogP contribution in [0.2, 0.25) is 5.02 Å². The number of benzene rings is 2. The maximum absolute atomic E-state index is 13.5. The smallest absolute Gasteiger partial charge is 0.234 e. The van der Waals surface area contributed by atoms with Gasteiger partial charge in [0.25, 0.3) is 0 Å². The zero-order valence-corrected chi connectivity index (χ0v) is 20.6. The number of likely N-dealkylation sites (N-methyl/N-ethyl adjacent to an activating group) is 1. The van der Waals surface area contributed by atoms with Gasteiger partial charge in [-0.15, -0.1) is 0 Å². The highest BCUT2D eigenvalue weighted by Gasteiger charge is 2.21. The average Bonchev–Trinajstić information content (AvgIpc) is 2.85. The zero-order valence-electron chi connectivity index (χ0n) is 19.8. The number of methoxy groups -OCH3 is 1. The van der Waals surface area contributed by atoms with Crippen molar-refractivity contribution in [3.63, 3.8) is 0 Å². The van der Waals surface area contributed by atoms with Gasteiger partial charge in [0.1, 0.15) is 47.5 Å². The quantitative estimate of drug-likeness (QED) is 0.370. The summed E-state index contributed by atoms with van der Waals surface area (Å²) in [6.45, 7) is 3.97. The monoisotopic (exact) mass is 505 g/mol. The Bertz CT molecular complexity index is 1130. The van der Waals surface area contributed by atoms with Crippen LogP contribution in [0.1, 0.15) is 12.8 Å². The number of hydrogen-bond acceptors (Lipinski definition) is 8. The van der Waals surface area contributed by atoms with Crippen molar-refractivity contribution in [3.8, 4) is 23.1 Å². The van der Waals surface area contributed by atoms with E-state index in [0.29, 0.717) is 48.8 Å². The Labute approximate surface area is 208 Å². The van der Waals surface area contributed by atoms with E-state index < -0.39 is 5.82 Å². The largest absolute Gasteiger partial charge is 0.492 e. The lowest BCUT2D eigenvalue weighted by molar-refractivity contribution is 0.0260. The standard InChI is InChI=1S/C25H29ClFN3O5/c1-30(7-11-31-2)8-12-33-19-14-21-24(23(15-19)34-18-5-9-32-10-6-18)25(29-16-28-21)35-22-4-3-17(27)13-20(22)26/h3-4,13-16,18H,5-12H2,1-2H3. The highest BCUT2D eigenvalue weighted by Crippen LogP contribution is 2.39. The Morgan fingerprint density at radius 3 is 2.66 bits per heavy atom. The van der Waals surface area contributed by atoms with E-state index in [1.807, 2.05) is 19.2 Å². The second-order valence-corrected chi connectivity index (χ2v) is 8.65. The van der Waals surface area contributed by atoms with Crippen molar-refractivity contribution in [3.05, 3.63) is 47.5 Å². The molecule has 0 aliphatic carbocycles. The summed E-state index contributed by atoms with van der Waals surface area (Å²) in [5, 5.41) is 0.727. The number of aromatic nitrogens is 2. The first-order chi connectivity index (χ1) is 17.0. The summed E-state index contributed by atoms with van der Waals surface area (Å²) in [6, 6.07) is 7.58. The molecule has 4 rings (SSSR count).